The number of carboxylic acid groups (broad SMARTS) is 1. The van der Waals surface area contributed by atoms with Crippen molar-refractivity contribution in [3.63, 3.8) is 0 Å². The Morgan fingerprint density at radius 1 is 1.44 bits per heavy atom. The summed E-state index contributed by atoms with van der Waals surface area (Å²) in [6.45, 7) is 3.04. The second-order valence-corrected chi connectivity index (χ2v) is 4.37. The SMILES string of the molecule is CC(Oc1ccc(Br)cc1C(C)O)C(=O)O. The van der Waals surface area contributed by atoms with Gasteiger partial charge >= 0.3 is 5.97 Å². The number of halogens is 1. The highest BCUT2D eigenvalue weighted by Crippen LogP contribution is 2.29. The van der Waals surface area contributed by atoms with Gasteiger partial charge in [0.2, 0.25) is 0 Å². The molecule has 2 unspecified atom stereocenters. The number of ether oxygens (including phenoxy) is 1. The highest BCUT2D eigenvalue weighted by Gasteiger charge is 2.16. The van der Waals surface area contributed by atoms with E-state index >= 15 is 0 Å². The second kappa shape index (κ2) is 5.32. The zero-order valence-electron chi connectivity index (χ0n) is 8.98. The van der Waals surface area contributed by atoms with E-state index in [-0.39, 0.29) is 0 Å². The minimum atomic E-state index is -1.04. The summed E-state index contributed by atoms with van der Waals surface area (Å²) in [6, 6.07) is 5.07. The topological polar surface area (TPSA) is 66.8 Å². The van der Waals surface area contributed by atoms with Crippen molar-refractivity contribution in [3.8, 4) is 5.75 Å². The highest BCUT2D eigenvalue weighted by molar-refractivity contribution is 9.10. The summed E-state index contributed by atoms with van der Waals surface area (Å²) in [4.78, 5) is 10.7. The molecule has 1 aromatic rings. The second-order valence-electron chi connectivity index (χ2n) is 3.46. The van der Waals surface area contributed by atoms with Crippen LogP contribution in [0.15, 0.2) is 22.7 Å². The highest BCUT2D eigenvalue weighted by atomic mass is 79.9. The Hall–Kier alpha value is -1.07. The van der Waals surface area contributed by atoms with Gasteiger partial charge < -0.3 is 14.9 Å². The van der Waals surface area contributed by atoms with Crippen LogP contribution in [0.2, 0.25) is 0 Å². The molecule has 0 fully saturated rings. The van der Waals surface area contributed by atoms with Crippen molar-refractivity contribution in [1.29, 1.82) is 0 Å². The lowest BCUT2D eigenvalue weighted by atomic mass is 10.1. The summed E-state index contributed by atoms with van der Waals surface area (Å²) in [6.07, 6.45) is -1.66. The predicted octanol–water partition coefficient (Wildman–Crippen LogP) is 2.35. The van der Waals surface area contributed by atoms with E-state index in [0.29, 0.717) is 11.3 Å². The number of aliphatic carboxylic acids is 1. The van der Waals surface area contributed by atoms with Gasteiger partial charge in [-0.05, 0) is 32.0 Å². The smallest absolute Gasteiger partial charge is 0.344 e. The standard InChI is InChI=1S/C11H13BrO4/c1-6(13)9-5-8(12)3-4-10(9)16-7(2)11(14)15/h3-7,13H,1-2H3,(H,14,15). The van der Waals surface area contributed by atoms with Gasteiger partial charge in [0, 0.05) is 10.0 Å². The number of carbonyl (C=O) groups is 1. The Kier molecular flexibility index (Phi) is 4.32. The van der Waals surface area contributed by atoms with E-state index < -0.39 is 18.2 Å². The molecule has 0 aromatic heterocycles. The molecule has 2 N–H and O–H groups in total. The lowest BCUT2D eigenvalue weighted by Crippen LogP contribution is -2.23. The number of carboxylic acids is 1. The van der Waals surface area contributed by atoms with Gasteiger partial charge in [-0.2, -0.15) is 0 Å². The van der Waals surface area contributed by atoms with Crippen molar-refractivity contribution in [2.45, 2.75) is 26.1 Å². The third-order valence-corrected chi connectivity index (χ3v) is 2.57. The van der Waals surface area contributed by atoms with E-state index in [1.807, 2.05) is 0 Å². The Bertz CT molecular complexity index is 390. The maximum Gasteiger partial charge on any atom is 0.344 e. The fourth-order valence-electron chi connectivity index (χ4n) is 1.19. The first kappa shape index (κ1) is 13.0. The first-order valence-corrected chi connectivity index (χ1v) is 5.58. The van der Waals surface area contributed by atoms with Gasteiger partial charge in [-0.3, -0.25) is 0 Å². The van der Waals surface area contributed by atoms with Crippen LogP contribution in [0.25, 0.3) is 0 Å². The van der Waals surface area contributed by atoms with E-state index in [9.17, 15) is 9.90 Å². The van der Waals surface area contributed by atoms with Crippen LogP contribution in [0.1, 0.15) is 25.5 Å². The molecule has 0 aliphatic heterocycles. The zero-order chi connectivity index (χ0) is 12.3. The Morgan fingerprint density at radius 2 is 2.06 bits per heavy atom. The van der Waals surface area contributed by atoms with Crippen LogP contribution in [0.3, 0.4) is 0 Å². The van der Waals surface area contributed by atoms with Crippen molar-refractivity contribution in [2.75, 3.05) is 0 Å². The fourth-order valence-corrected chi connectivity index (χ4v) is 1.57. The first-order valence-electron chi connectivity index (χ1n) is 4.78. The molecular weight excluding hydrogens is 276 g/mol. The Balaban J connectivity index is 2.99. The van der Waals surface area contributed by atoms with Crippen LogP contribution in [0, 0.1) is 0 Å². The van der Waals surface area contributed by atoms with Gasteiger partial charge in [0.1, 0.15) is 5.75 Å². The maximum atomic E-state index is 10.7. The molecule has 1 rings (SSSR count). The number of hydrogen-bond acceptors (Lipinski definition) is 3. The molecule has 2 atom stereocenters. The van der Waals surface area contributed by atoms with Crippen LogP contribution < -0.4 is 4.74 Å². The minimum Gasteiger partial charge on any atom is -0.479 e. The molecule has 5 heteroatoms. The van der Waals surface area contributed by atoms with Crippen molar-refractivity contribution < 1.29 is 19.7 Å². The molecule has 0 spiro atoms. The average molecular weight is 289 g/mol. The summed E-state index contributed by atoms with van der Waals surface area (Å²) < 4.78 is 6.05. The molecule has 1 aromatic carbocycles. The normalized spacial score (nSPS) is 14.2. The molecule has 0 aliphatic carbocycles. The molecule has 88 valence electrons. The van der Waals surface area contributed by atoms with Gasteiger partial charge in [0.05, 0.1) is 6.10 Å². The van der Waals surface area contributed by atoms with Crippen molar-refractivity contribution in [2.24, 2.45) is 0 Å². The summed E-state index contributed by atoms with van der Waals surface area (Å²) in [7, 11) is 0. The molecule has 0 saturated heterocycles. The number of aliphatic hydroxyl groups is 1. The molecule has 0 bridgehead atoms. The van der Waals surface area contributed by atoms with Crippen LogP contribution in [0.4, 0.5) is 0 Å². The van der Waals surface area contributed by atoms with Crippen molar-refractivity contribution in [3.05, 3.63) is 28.2 Å². The third kappa shape index (κ3) is 3.21. The lowest BCUT2D eigenvalue weighted by molar-refractivity contribution is -0.144. The van der Waals surface area contributed by atoms with E-state index in [1.54, 1.807) is 25.1 Å². The Labute approximate surface area is 102 Å². The number of aliphatic hydroxyl groups excluding tert-OH is 1. The van der Waals surface area contributed by atoms with Crippen LogP contribution in [-0.4, -0.2) is 22.3 Å². The van der Waals surface area contributed by atoms with E-state index in [2.05, 4.69) is 15.9 Å². The van der Waals surface area contributed by atoms with Gasteiger partial charge in [-0.1, -0.05) is 15.9 Å². The Morgan fingerprint density at radius 3 is 2.56 bits per heavy atom. The van der Waals surface area contributed by atoms with Crippen LogP contribution in [0.5, 0.6) is 5.75 Å². The van der Waals surface area contributed by atoms with Crippen molar-refractivity contribution in [1.82, 2.24) is 0 Å². The summed E-state index contributed by atoms with van der Waals surface area (Å²) in [5.41, 5.74) is 0.558. The third-order valence-electron chi connectivity index (χ3n) is 2.07. The summed E-state index contributed by atoms with van der Waals surface area (Å²) >= 11 is 3.28. The van der Waals surface area contributed by atoms with Gasteiger partial charge in [-0.15, -0.1) is 0 Å². The van der Waals surface area contributed by atoms with Crippen LogP contribution >= 0.6 is 15.9 Å². The van der Waals surface area contributed by atoms with Crippen molar-refractivity contribution >= 4 is 21.9 Å². The number of rotatable bonds is 4. The maximum absolute atomic E-state index is 10.7. The van der Waals surface area contributed by atoms with E-state index in [0.717, 1.165) is 4.47 Å². The monoisotopic (exact) mass is 288 g/mol. The quantitative estimate of drug-likeness (QED) is 0.893. The van der Waals surface area contributed by atoms with Crippen LogP contribution in [-0.2, 0) is 4.79 Å². The number of benzene rings is 1. The average Bonchev–Trinajstić information content (AvgIpc) is 2.20. The van der Waals surface area contributed by atoms with Gasteiger partial charge in [0.15, 0.2) is 6.10 Å². The summed E-state index contributed by atoms with van der Waals surface area (Å²) in [5, 5.41) is 18.3. The predicted molar refractivity (Wildman–Crippen MR) is 62.5 cm³/mol. The molecule has 16 heavy (non-hydrogen) atoms. The molecule has 0 radical (unpaired) electrons. The minimum absolute atomic E-state index is 0.383. The van der Waals surface area contributed by atoms with E-state index in [4.69, 9.17) is 9.84 Å². The van der Waals surface area contributed by atoms with Gasteiger partial charge in [0.25, 0.3) is 0 Å². The fraction of sp³-hybridized carbons (Fsp3) is 0.364. The molecular formula is C11H13BrO4. The number of hydrogen-bond donors (Lipinski definition) is 2. The summed E-state index contributed by atoms with van der Waals surface area (Å²) in [5.74, 6) is -0.660. The molecule has 0 aliphatic rings. The van der Waals surface area contributed by atoms with E-state index in [1.165, 1.54) is 6.92 Å². The molecule has 0 amide bonds. The first-order chi connectivity index (χ1) is 7.41. The zero-order valence-corrected chi connectivity index (χ0v) is 10.6. The molecule has 0 saturated carbocycles. The lowest BCUT2D eigenvalue weighted by Gasteiger charge is -2.16. The molecule has 4 nitrogen and oxygen atoms in total. The van der Waals surface area contributed by atoms with Gasteiger partial charge in [-0.25, -0.2) is 4.79 Å². The molecule has 0 heterocycles. The largest absolute Gasteiger partial charge is 0.479 e.